The molecule has 0 spiro atoms. The van der Waals surface area contributed by atoms with E-state index in [1.807, 2.05) is 0 Å². The molecule has 0 N–H and O–H groups in total. The summed E-state index contributed by atoms with van der Waals surface area (Å²) in [7, 11) is -2.31. The zero-order valence-corrected chi connectivity index (χ0v) is 24.5. The highest BCUT2D eigenvalue weighted by atomic mass is 28.3. The first kappa shape index (κ1) is 25.4. The SMILES string of the molecule is CC[Si]1(CC)C(c2cnc3ccccc3c2)=C(c2ccccc2)C(c2ccccc2)=C1c1cnc2ccccc2c1. The van der Waals surface area contributed by atoms with Crippen molar-refractivity contribution in [1.29, 1.82) is 0 Å². The molecule has 3 heteroatoms. The molecular formula is C38H32N2Si. The van der Waals surface area contributed by atoms with Crippen molar-refractivity contribution in [2.75, 3.05) is 0 Å². The van der Waals surface area contributed by atoms with E-state index in [0.717, 1.165) is 23.1 Å². The summed E-state index contributed by atoms with van der Waals surface area (Å²) < 4.78 is 0. The Kier molecular flexibility index (Phi) is 6.45. The number of rotatable bonds is 6. The summed E-state index contributed by atoms with van der Waals surface area (Å²) in [6, 6.07) is 45.9. The first-order valence-electron chi connectivity index (χ1n) is 14.5. The number of nitrogens with zero attached hydrogens (tertiary/aromatic N) is 2. The number of hydrogen-bond donors (Lipinski definition) is 0. The maximum Gasteiger partial charge on any atom is 0.121 e. The van der Waals surface area contributed by atoms with E-state index in [0.29, 0.717) is 0 Å². The summed E-state index contributed by atoms with van der Waals surface area (Å²) in [5.74, 6) is 0. The Labute approximate surface area is 242 Å². The molecule has 6 aromatic rings. The summed E-state index contributed by atoms with van der Waals surface area (Å²) >= 11 is 0. The van der Waals surface area contributed by atoms with Crippen LogP contribution in [0.2, 0.25) is 12.1 Å². The number of para-hydroxylation sites is 2. The van der Waals surface area contributed by atoms with Gasteiger partial charge in [0.2, 0.25) is 0 Å². The van der Waals surface area contributed by atoms with Crippen molar-refractivity contribution >= 4 is 51.4 Å². The van der Waals surface area contributed by atoms with Crippen molar-refractivity contribution in [2.24, 2.45) is 0 Å². The molecular weight excluding hydrogens is 513 g/mol. The number of allylic oxidation sites excluding steroid dienone is 2. The zero-order chi connectivity index (χ0) is 27.8. The van der Waals surface area contributed by atoms with Gasteiger partial charge in [-0.15, -0.1) is 0 Å². The van der Waals surface area contributed by atoms with Crippen molar-refractivity contribution < 1.29 is 0 Å². The van der Waals surface area contributed by atoms with E-state index in [2.05, 4.69) is 148 Å². The van der Waals surface area contributed by atoms with E-state index in [1.54, 1.807) is 0 Å². The van der Waals surface area contributed by atoms with Crippen LogP contribution in [0, 0.1) is 0 Å². The molecule has 0 radical (unpaired) electrons. The number of aromatic nitrogens is 2. The maximum atomic E-state index is 4.98. The van der Waals surface area contributed by atoms with Gasteiger partial charge in [0.1, 0.15) is 8.07 Å². The Hall–Kier alpha value is -4.60. The molecule has 0 saturated heterocycles. The van der Waals surface area contributed by atoms with E-state index in [9.17, 15) is 0 Å². The Morgan fingerprint density at radius 1 is 0.463 bits per heavy atom. The number of fused-ring (bicyclic) bond motifs is 2. The second-order valence-corrected chi connectivity index (χ2v) is 15.4. The van der Waals surface area contributed by atoms with Gasteiger partial charge in [0.05, 0.1) is 11.0 Å². The third kappa shape index (κ3) is 4.16. The Morgan fingerprint density at radius 2 is 0.854 bits per heavy atom. The van der Waals surface area contributed by atoms with Crippen LogP contribution in [0.5, 0.6) is 0 Å². The van der Waals surface area contributed by atoms with Crippen LogP contribution in [-0.4, -0.2) is 18.0 Å². The molecule has 3 heterocycles. The Balaban J connectivity index is 1.63. The lowest BCUT2D eigenvalue weighted by molar-refractivity contribution is 1.29. The molecule has 0 atom stereocenters. The summed E-state index contributed by atoms with van der Waals surface area (Å²) in [5.41, 5.74) is 9.79. The maximum absolute atomic E-state index is 4.98. The van der Waals surface area contributed by atoms with Crippen LogP contribution in [0.1, 0.15) is 36.1 Å². The van der Waals surface area contributed by atoms with E-state index >= 15 is 0 Å². The van der Waals surface area contributed by atoms with Crippen LogP contribution >= 0.6 is 0 Å². The fourth-order valence-corrected chi connectivity index (χ4v) is 11.9. The number of hydrogen-bond acceptors (Lipinski definition) is 2. The van der Waals surface area contributed by atoms with Gasteiger partial charge in [0, 0.05) is 23.2 Å². The molecule has 0 aliphatic carbocycles. The van der Waals surface area contributed by atoms with Gasteiger partial charge in [-0.2, -0.15) is 0 Å². The van der Waals surface area contributed by atoms with Crippen LogP contribution in [0.4, 0.5) is 0 Å². The van der Waals surface area contributed by atoms with Crippen molar-refractivity contribution in [3.8, 4) is 0 Å². The molecule has 41 heavy (non-hydrogen) atoms. The summed E-state index contributed by atoms with van der Waals surface area (Å²) in [6.45, 7) is 4.80. The molecule has 0 bridgehead atoms. The summed E-state index contributed by atoms with van der Waals surface area (Å²) in [6.07, 6.45) is 4.25. The molecule has 2 aromatic heterocycles. The Morgan fingerprint density at radius 3 is 1.27 bits per heavy atom. The predicted molar refractivity (Wildman–Crippen MR) is 177 cm³/mol. The van der Waals surface area contributed by atoms with Crippen LogP contribution in [-0.2, 0) is 0 Å². The monoisotopic (exact) mass is 544 g/mol. The van der Waals surface area contributed by atoms with Gasteiger partial charge in [-0.25, -0.2) is 0 Å². The average molecular weight is 545 g/mol. The predicted octanol–water partition coefficient (Wildman–Crippen LogP) is 9.89. The number of pyridine rings is 2. The highest BCUT2D eigenvalue weighted by Crippen LogP contribution is 2.58. The van der Waals surface area contributed by atoms with Crippen molar-refractivity contribution in [2.45, 2.75) is 25.9 Å². The molecule has 0 saturated carbocycles. The van der Waals surface area contributed by atoms with Gasteiger partial charge < -0.3 is 0 Å². The highest BCUT2D eigenvalue weighted by molar-refractivity contribution is 7.14. The van der Waals surface area contributed by atoms with Crippen LogP contribution in [0.25, 0.3) is 43.3 Å². The minimum absolute atomic E-state index is 1.03. The zero-order valence-electron chi connectivity index (χ0n) is 23.5. The third-order valence-corrected chi connectivity index (χ3v) is 14.2. The normalized spacial score (nSPS) is 14.8. The van der Waals surface area contributed by atoms with Gasteiger partial charge >= 0.3 is 0 Å². The van der Waals surface area contributed by atoms with E-state index in [4.69, 9.17) is 9.97 Å². The van der Waals surface area contributed by atoms with Gasteiger partial charge in [-0.3, -0.25) is 9.97 Å². The minimum atomic E-state index is -2.31. The lowest BCUT2D eigenvalue weighted by Crippen LogP contribution is -2.35. The first-order valence-corrected chi connectivity index (χ1v) is 17.0. The van der Waals surface area contributed by atoms with Crippen LogP contribution in [0.3, 0.4) is 0 Å². The molecule has 1 aliphatic heterocycles. The topological polar surface area (TPSA) is 25.8 Å². The van der Waals surface area contributed by atoms with Crippen LogP contribution < -0.4 is 0 Å². The second-order valence-electron chi connectivity index (χ2n) is 10.9. The highest BCUT2D eigenvalue weighted by Gasteiger charge is 2.48. The molecule has 198 valence electrons. The molecule has 4 aromatic carbocycles. The van der Waals surface area contributed by atoms with Crippen LogP contribution in [0.15, 0.2) is 134 Å². The molecule has 0 amide bonds. The lowest BCUT2D eigenvalue weighted by atomic mass is 9.89. The first-order chi connectivity index (χ1) is 20.2. The fourth-order valence-electron chi connectivity index (χ4n) is 6.85. The average Bonchev–Trinajstić information content (AvgIpc) is 3.36. The van der Waals surface area contributed by atoms with Gasteiger partial charge in [-0.05, 0) is 68.1 Å². The van der Waals surface area contributed by atoms with E-state index in [1.165, 1.54) is 54.6 Å². The van der Waals surface area contributed by atoms with E-state index < -0.39 is 8.07 Å². The van der Waals surface area contributed by atoms with Crippen molar-refractivity contribution in [1.82, 2.24) is 9.97 Å². The minimum Gasteiger partial charge on any atom is -0.256 e. The quantitative estimate of drug-likeness (QED) is 0.195. The van der Waals surface area contributed by atoms with Crippen molar-refractivity contribution in [3.05, 3.63) is 156 Å². The standard InChI is InChI=1S/C38H32N2Si/c1-3-41(4-2)37(31-23-29-19-11-13-21-33(29)39-25-31)35(27-15-7-5-8-16-27)36(28-17-9-6-10-18-28)38(41)32-24-30-20-12-14-22-34(30)40-26-32/h5-26H,3-4H2,1-2H3. The summed E-state index contributed by atoms with van der Waals surface area (Å²) in [5, 5.41) is 5.35. The number of benzene rings is 4. The molecule has 2 nitrogen and oxygen atoms in total. The molecule has 0 fully saturated rings. The fraction of sp³-hybridized carbons (Fsp3) is 0.105. The van der Waals surface area contributed by atoms with Gasteiger partial charge in [0.15, 0.2) is 0 Å². The lowest BCUT2D eigenvalue weighted by Gasteiger charge is -2.33. The van der Waals surface area contributed by atoms with Gasteiger partial charge in [-0.1, -0.05) is 123 Å². The van der Waals surface area contributed by atoms with E-state index in [-0.39, 0.29) is 0 Å². The smallest absolute Gasteiger partial charge is 0.121 e. The molecule has 1 aliphatic rings. The summed E-state index contributed by atoms with van der Waals surface area (Å²) in [4.78, 5) is 9.96. The molecule has 0 unspecified atom stereocenters. The molecule has 7 rings (SSSR count). The van der Waals surface area contributed by atoms with Crippen molar-refractivity contribution in [3.63, 3.8) is 0 Å². The van der Waals surface area contributed by atoms with Gasteiger partial charge in [0.25, 0.3) is 0 Å². The third-order valence-electron chi connectivity index (χ3n) is 8.80. The Bertz CT molecular complexity index is 1810. The second kappa shape index (κ2) is 10.4. The largest absolute Gasteiger partial charge is 0.256 e.